The van der Waals surface area contributed by atoms with Crippen molar-refractivity contribution in [2.75, 3.05) is 59.0 Å². The zero-order valence-electron chi connectivity index (χ0n) is 15.6. The summed E-state index contributed by atoms with van der Waals surface area (Å²) in [4.78, 5) is 19.5. The third kappa shape index (κ3) is 5.40. The molecule has 2 fully saturated rings. The van der Waals surface area contributed by atoms with Gasteiger partial charge in [0.05, 0.1) is 12.5 Å². The van der Waals surface area contributed by atoms with E-state index < -0.39 is 0 Å². The Hall–Kier alpha value is -1.69. The van der Waals surface area contributed by atoms with E-state index in [1.807, 2.05) is 11.0 Å². The van der Waals surface area contributed by atoms with Crippen molar-refractivity contribution in [3.05, 3.63) is 42.0 Å². The van der Waals surface area contributed by atoms with Crippen LogP contribution >= 0.6 is 0 Å². The Morgan fingerprint density at radius 2 is 1.85 bits per heavy atom. The summed E-state index contributed by atoms with van der Waals surface area (Å²) in [5, 5.41) is 9.12. The number of β-amino-alcohol motifs (C(OH)–C–C–N with tert-alkyl or cyclic N) is 1. The molecule has 1 amide bonds. The van der Waals surface area contributed by atoms with Crippen LogP contribution in [0, 0.1) is 5.92 Å². The molecule has 3 rings (SSSR count). The molecule has 1 aromatic rings. The summed E-state index contributed by atoms with van der Waals surface area (Å²) in [6.45, 7) is 7.15. The Balaban J connectivity index is 1.41. The summed E-state index contributed by atoms with van der Waals surface area (Å²) in [7, 11) is 0. The van der Waals surface area contributed by atoms with Gasteiger partial charge in [-0.05, 0) is 24.9 Å². The van der Waals surface area contributed by atoms with Crippen molar-refractivity contribution >= 4 is 12.0 Å². The van der Waals surface area contributed by atoms with Gasteiger partial charge in [0.15, 0.2) is 0 Å². The lowest BCUT2D eigenvalue weighted by atomic mass is 9.96. The highest BCUT2D eigenvalue weighted by atomic mass is 16.3. The van der Waals surface area contributed by atoms with E-state index >= 15 is 0 Å². The third-order valence-corrected chi connectivity index (χ3v) is 5.43. The van der Waals surface area contributed by atoms with Crippen LogP contribution in [0.4, 0.5) is 0 Å². The van der Waals surface area contributed by atoms with Gasteiger partial charge in [0.25, 0.3) is 0 Å². The second-order valence-corrected chi connectivity index (χ2v) is 7.30. The first kappa shape index (κ1) is 19.1. The quantitative estimate of drug-likeness (QED) is 0.839. The summed E-state index contributed by atoms with van der Waals surface area (Å²) in [5.41, 5.74) is 1.23. The van der Waals surface area contributed by atoms with Crippen LogP contribution in [-0.2, 0) is 4.79 Å². The van der Waals surface area contributed by atoms with Crippen LogP contribution in [0.5, 0.6) is 0 Å². The second kappa shape index (κ2) is 9.86. The Bertz CT molecular complexity index is 580. The number of hydrogen-bond acceptors (Lipinski definition) is 4. The highest BCUT2D eigenvalue weighted by Gasteiger charge is 2.30. The van der Waals surface area contributed by atoms with Gasteiger partial charge in [-0.3, -0.25) is 9.69 Å². The molecular formula is C21H31N3O2. The highest BCUT2D eigenvalue weighted by Crippen LogP contribution is 2.19. The molecule has 2 heterocycles. The number of aliphatic hydroxyl groups is 1. The smallest absolute Gasteiger partial charge is 0.227 e. The molecule has 2 saturated heterocycles. The van der Waals surface area contributed by atoms with Crippen LogP contribution in [0.2, 0.25) is 0 Å². The first-order chi connectivity index (χ1) is 12.8. The molecule has 1 N–H and O–H groups in total. The van der Waals surface area contributed by atoms with E-state index in [1.165, 1.54) is 5.56 Å². The molecule has 2 aliphatic heterocycles. The first-order valence-corrected chi connectivity index (χ1v) is 9.82. The van der Waals surface area contributed by atoms with Crippen molar-refractivity contribution in [3.63, 3.8) is 0 Å². The molecule has 0 aliphatic carbocycles. The first-order valence-electron chi connectivity index (χ1n) is 9.82. The number of carbonyl (C=O) groups is 1. The average molecular weight is 357 g/mol. The van der Waals surface area contributed by atoms with Crippen molar-refractivity contribution < 1.29 is 9.90 Å². The zero-order valence-corrected chi connectivity index (χ0v) is 15.6. The second-order valence-electron chi connectivity index (χ2n) is 7.30. The number of piperidine rings is 1. The highest BCUT2D eigenvalue weighted by molar-refractivity contribution is 5.79. The molecule has 142 valence electrons. The number of nitrogens with zero attached hydrogens (tertiary/aromatic N) is 3. The Kier molecular flexibility index (Phi) is 7.23. The number of benzene rings is 1. The largest absolute Gasteiger partial charge is 0.395 e. The SMILES string of the molecule is O=C([C@@H]1CCCN(CCO)C1)N1CCN(C/C=C/c2ccccc2)CC1. The predicted octanol–water partition coefficient (Wildman–Crippen LogP) is 1.55. The zero-order chi connectivity index (χ0) is 18.2. The number of piperazine rings is 1. The third-order valence-electron chi connectivity index (χ3n) is 5.43. The summed E-state index contributed by atoms with van der Waals surface area (Å²) in [6.07, 6.45) is 6.41. The summed E-state index contributed by atoms with van der Waals surface area (Å²) in [6, 6.07) is 10.4. The Morgan fingerprint density at radius 1 is 1.08 bits per heavy atom. The predicted molar refractivity (Wildman–Crippen MR) is 105 cm³/mol. The van der Waals surface area contributed by atoms with E-state index in [9.17, 15) is 4.79 Å². The minimum Gasteiger partial charge on any atom is -0.395 e. The van der Waals surface area contributed by atoms with E-state index in [4.69, 9.17) is 5.11 Å². The van der Waals surface area contributed by atoms with Crippen molar-refractivity contribution in [2.45, 2.75) is 12.8 Å². The molecule has 0 radical (unpaired) electrons. The molecule has 2 aliphatic rings. The van der Waals surface area contributed by atoms with Gasteiger partial charge in [0.2, 0.25) is 5.91 Å². The molecule has 5 nitrogen and oxygen atoms in total. The van der Waals surface area contributed by atoms with Crippen LogP contribution in [-0.4, -0.2) is 84.7 Å². The number of likely N-dealkylation sites (tertiary alicyclic amines) is 1. The van der Waals surface area contributed by atoms with E-state index in [0.717, 1.165) is 58.7 Å². The molecule has 0 saturated carbocycles. The van der Waals surface area contributed by atoms with Crippen LogP contribution in [0.25, 0.3) is 6.08 Å². The summed E-state index contributed by atoms with van der Waals surface area (Å²) in [5.74, 6) is 0.423. The van der Waals surface area contributed by atoms with E-state index in [2.05, 4.69) is 46.2 Å². The molecule has 1 aromatic carbocycles. The van der Waals surface area contributed by atoms with Gasteiger partial charge in [0, 0.05) is 45.8 Å². The van der Waals surface area contributed by atoms with Crippen molar-refractivity contribution in [1.29, 1.82) is 0 Å². The van der Waals surface area contributed by atoms with Gasteiger partial charge < -0.3 is 14.9 Å². The van der Waals surface area contributed by atoms with Gasteiger partial charge >= 0.3 is 0 Å². The lowest BCUT2D eigenvalue weighted by Crippen LogP contribution is -2.52. The van der Waals surface area contributed by atoms with Crippen molar-refractivity contribution in [1.82, 2.24) is 14.7 Å². The molecule has 1 atom stereocenters. The normalized spacial score (nSPS) is 22.8. The molecule has 0 unspecified atom stereocenters. The van der Waals surface area contributed by atoms with Gasteiger partial charge in [-0.25, -0.2) is 0 Å². The number of amides is 1. The Morgan fingerprint density at radius 3 is 2.58 bits per heavy atom. The number of hydrogen-bond donors (Lipinski definition) is 1. The standard InChI is InChI=1S/C21H31N3O2/c25-17-16-23-11-5-9-20(18-23)21(26)24-14-12-22(13-15-24)10-4-8-19-6-2-1-3-7-19/h1-4,6-8,20,25H,5,9-18H2/b8-4+/t20-/m1/s1. The summed E-state index contributed by atoms with van der Waals surface area (Å²) < 4.78 is 0. The minimum absolute atomic E-state index is 0.111. The average Bonchev–Trinajstić information content (AvgIpc) is 2.69. The van der Waals surface area contributed by atoms with Crippen molar-refractivity contribution in [3.8, 4) is 0 Å². The maximum Gasteiger partial charge on any atom is 0.227 e. The lowest BCUT2D eigenvalue weighted by Gasteiger charge is -2.38. The fraction of sp³-hybridized carbons (Fsp3) is 0.571. The maximum absolute atomic E-state index is 12.8. The van der Waals surface area contributed by atoms with Gasteiger partial charge in [0.1, 0.15) is 0 Å². The fourth-order valence-corrected chi connectivity index (χ4v) is 3.91. The van der Waals surface area contributed by atoms with E-state index in [0.29, 0.717) is 12.5 Å². The maximum atomic E-state index is 12.8. The van der Waals surface area contributed by atoms with Crippen LogP contribution in [0.1, 0.15) is 18.4 Å². The van der Waals surface area contributed by atoms with E-state index in [-0.39, 0.29) is 12.5 Å². The summed E-state index contributed by atoms with van der Waals surface area (Å²) >= 11 is 0. The van der Waals surface area contributed by atoms with E-state index in [1.54, 1.807) is 0 Å². The van der Waals surface area contributed by atoms with Crippen LogP contribution < -0.4 is 0 Å². The molecular weight excluding hydrogens is 326 g/mol. The fourth-order valence-electron chi connectivity index (χ4n) is 3.91. The Labute approximate surface area is 156 Å². The molecule has 26 heavy (non-hydrogen) atoms. The van der Waals surface area contributed by atoms with Gasteiger partial charge in [-0.15, -0.1) is 0 Å². The van der Waals surface area contributed by atoms with Crippen LogP contribution in [0.15, 0.2) is 36.4 Å². The molecule has 5 heteroatoms. The van der Waals surface area contributed by atoms with Crippen molar-refractivity contribution in [2.24, 2.45) is 5.92 Å². The van der Waals surface area contributed by atoms with Crippen LogP contribution in [0.3, 0.4) is 0 Å². The number of carbonyl (C=O) groups excluding carboxylic acids is 1. The van der Waals surface area contributed by atoms with Gasteiger partial charge in [-0.2, -0.15) is 0 Å². The lowest BCUT2D eigenvalue weighted by molar-refractivity contribution is -0.139. The topological polar surface area (TPSA) is 47.0 Å². The molecule has 0 spiro atoms. The molecule has 0 bridgehead atoms. The molecule has 0 aromatic heterocycles. The minimum atomic E-state index is 0.111. The van der Waals surface area contributed by atoms with Gasteiger partial charge in [-0.1, -0.05) is 42.5 Å². The number of rotatable bonds is 6. The monoisotopic (exact) mass is 357 g/mol. The number of aliphatic hydroxyl groups excluding tert-OH is 1.